The van der Waals surface area contributed by atoms with Crippen LogP contribution in [-0.2, 0) is 20.9 Å². The van der Waals surface area contributed by atoms with E-state index in [0.29, 0.717) is 13.0 Å². The van der Waals surface area contributed by atoms with Crippen LogP contribution in [0.25, 0.3) is 0 Å². The monoisotopic (exact) mass is 318 g/mol. The number of alkyl halides is 3. The highest BCUT2D eigenvalue weighted by Gasteiger charge is 2.37. The summed E-state index contributed by atoms with van der Waals surface area (Å²) in [6.07, 6.45) is 3.66. The zero-order chi connectivity index (χ0) is 15.7. The third-order valence-electron chi connectivity index (χ3n) is 2.60. The van der Waals surface area contributed by atoms with Crippen LogP contribution in [0, 0.1) is 0 Å². The van der Waals surface area contributed by atoms with Gasteiger partial charge in [-0.2, -0.15) is 8.78 Å². The van der Waals surface area contributed by atoms with Crippen LogP contribution in [0.5, 0.6) is 0 Å². The van der Waals surface area contributed by atoms with Gasteiger partial charge in [-0.25, -0.2) is 4.79 Å². The van der Waals surface area contributed by atoms with Gasteiger partial charge < -0.3 is 9.47 Å². The molecule has 0 aromatic heterocycles. The van der Waals surface area contributed by atoms with E-state index in [1.54, 1.807) is 6.08 Å². The highest BCUT2D eigenvalue weighted by molar-refractivity contribution is 6.31. The number of benzene rings is 1. The zero-order valence-electron chi connectivity index (χ0n) is 11.6. The summed E-state index contributed by atoms with van der Waals surface area (Å²) < 4.78 is 34.6. The average Bonchev–Trinajstić information content (AvgIpc) is 2.46. The Morgan fingerprint density at radius 3 is 2.62 bits per heavy atom. The molecule has 3 nitrogen and oxygen atoms in total. The molecule has 0 spiro atoms. The molecule has 1 rings (SSSR count). The molecule has 6 heteroatoms. The lowest BCUT2D eigenvalue weighted by Gasteiger charge is -2.12. The van der Waals surface area contributed by atoms with Gasteiger partial charge in [0.2, 0.25) is 0 Å². The standard InChI is InChI=1S/C15H17ClF2O3/c1-2-13(21-11-12-7-4-3-5-8-12)9-6-10-20-14(19)15(16,17)18/h3-9,13H,2,10-11H2,1H3/b9-6+/t13-/m0/s1. The number of ether oxygens (including phenoxy) is 2. The molecule has 1 aromatic carbocycles. The molecule has 0 bridgehead atoms. The largest absolute Gasteiger partial charge is 0.456 e. The van der Waals surface area contributed by atoms with Crippen molar-refractivity contribution in [2.75, 3.05) is 6.61 Å². The van der Waals surface area contributed by atoms with E-state index in [0.717, 1.165) is 5.56 Å². The Kier molecular flexibility index (Phi) is 7.32. The van der Waals surface area contributed by atoms with E-state index in [-0.39, 0.29) is 12.7 Å². The zero-order valence-corrected chi connectivity index (χ0v) is 12.4. The molecule has 0 unspecified atom stereocenters. The second kappa shape index (κ2) is 8.74. The van der Waals surface area contributed by atoms with E-state index in [2.05, 4.69) is 16.3 Å². The second-order valence-corrected chi connectivity index (χ2v) is 4.74. The molecule has 0 aliphatic rings. The number of halogens is 3. The van der Waals surface area contributed by atoms with Crippen molar-refractivity contribution in [3.63, 3.8) is 0 Å². The Hall–Kier alpha value is -1.46. The van der Waals surface area contributed by atoms with Gasteiger partial charge in [0, 0.05) is 0 Å². The van der Waals surface area contributed by atoms with Crippen LogP contribution < -0.4 is 0 Å². The first-order valence-corrected chi connectivity index (χ1v) is 6.87. The molecule has 1 atom stereocenters. The maximum absolute atomic E-state index is 12.3. The fraction of sp³-hybridized carbons (Fsp3) is 0.400. The van der Waals surface area contributed by atoms with E-state index in [1.807, 2.05) is 37.3 Å². The van der Waals surface area contributed by atoms with E-state index in [9.17, 15) is 13.6 Å². The average molecular weight is 319 g/mol. The summed E-state index contributed by atoms with van der Waals surface area (Å²) in [4.78, 5) is 10.7. The van der Waals surface area contributed by atoms with Crippen molar-refractivity contribution in [2.24, 2.45) is 0 Å². The molecule has 116 valence electrons. The van der Waals surface area contributed by atoms with E-state index in [1.165, 1.54) is 6.08 Å². The van der Waals surface area contributed by atoms with Gasteiger partial charge in [0.1, 0.15) is 6.61 Å². The smallest absolute Gasteiger partial charge is 0.417 e. The molecule has 0 fully saturated rings. The van der Waals surface area contributed by atoms with Crippen LogP contribution in [0.4, 0.5) is 8.78 Å². The van der Waals surface area contributed by atoms with Gasteiger partial charge in [-0.15, -0.1) is 0 Å². The third kappa shape index (κ3) is 7.20. The van der Waals surface area contributed by atoms with Crippen LogP contribution in [0.1, 0.15) is 18.9 Å². The number of carbonyl (C=O) groups excluding carboxylic acids is 1. The third-order valence-corrected chi connectivity index (χ3v) is 2.76. The van der Waals surface area contributed by atoms with Crippen molar-refractivity contribution in [3.05, 3.63) is 48.0 Å². The summed E-state index contributed by atoms with van der Waals surface area (Å²) in [5.74, 6) is -1.76. The van der Waals surface area contributed by atoms with Crippen molar-refractivity contribution in [1.29, 1.82) is 0 Å². The molecule has 0 radical (unpaired) electrons. The molecular weight excluding hydrogens is 302 g/mol. The first kappa shape index (κ1) is 17.6. The molecule has 0 heterocycles. The summed E-state index contributed by atoms with van der Waals surface area (Å²) in [7, 11) is 0. The molecule has 21 heavy (non-hydrogen) atoms. The van der Waals surface area contributed by atoms with Crippen LogP contribution in [-0.4, -0.2) is 24.1 Å². The number of carbonyl (C=O) groups is 1. The minimum Gasteiger partial charge on any atom is -0.456 e. The van der Waals surface area contributed by atoms with Gasteiger partial charge in [-0.05, 0) is 29.7 Å². The lowest BCUT2D eigenvalue weighted by Crippen LogP contribution is -2.24. The molecular formula is C15H17ClF2O3. The minimum atomic E-state index is -3.98. The highest BCUT2D eigenvalue weighted by Crippen LogP contribution is 2.20. The van der Waals surface area contributed by atoms with Gasteiger partial charge in [0.15, 0.2) is 0 Å². The summed E-state index contributed by atoms with van der Waals surface area (Å²) in [6, 6.07) is 9.64. The van der Waals surface area contributed by atoms with E-state index in [4.69, 9.17) is 4.74 Å². The molecule has 0 aliphatic carbocycles. The van der Waals surface area contributed by atoms with Crippen LogP contribution in [0.15, 0.2) is 42.5 Å². The molecule has 0 amide bonds. The summed E-state index contributed by atoms with van der Waals surface area (Å²) >= 11 is 4.51. The van der Waals surface area contributed by atoms with Crippen molar-refractivity contribution in [3.8, 4) is 0 Å². The number of hydrogen-bond donors (Lipinski definition) is 0. The summed E-state index contributed by atoms with van der Waals surface area (Å²) in [6.45, 7) is 2.11. The van der Waals surface area contributed by atoms with Gasteiger partial charge in [0.05, 0.1) is 12.7 Å². The molecule has 0 N–H and O–H groups in total. The SMILES string of the molecule is CC[C@@H](/C=C/COC(=O)C(F)(F)Cl)OCc1ccccc1. The molecule has 0 saturated heterocycles. The summed E-state index contributed by atoms with van der Waals surface area (Å²) in [5, 5.41) is -3.98. The lowest BCUT2D eigenvalue weighted by molar-refractivity contribution is -0.159. The minimum absolute atomic E-state index is 0.180. The fourth-order valence-electron chi connectivity index (χ4n) is 1.50. The normalized spacial score (nSPS) is 13.3. The fourth-order valence-corrected chi connectivity index (χ4v) is 1.55. The van der Waals surface area contributed by atoms with Gasteiger partial charge in [0.25, 0.3) is 0 Å². The second-order valence-electron chi connectivity index (χ2n) is 4.27. The Morgan fingerprint density at radius 2 is 2.05 bits per heavy atom. The molecule has 1 aromatic rings. The van der Waals surface area contributed by atoms with Crippen LogP contribution >= 0.6 is 11.6 Å². The van der Waals surface area contributed by atoms with Crippen molar-refractivity contribution < 1.29 is 23.0 Å². The summed E-state index contributed by atoms with van der Waals surface area (Å²) in [5.41, 5.74) is 1.04. The lowest BCUT2D eigenvalue weighted by atomic mass is 10.2. The van der Waals surface area contributed by atoms with Crippen LogP contribution in [0.2, 0.25) is 0 Å². The Morgan fingerprint density at radius 1 is 1.38 bits per heavy atom. The predicted octanol–water partition coefficient (Wildman–Crippen LogP) is 3.91. The quantitative estimate of drug-likeness (QED) is 0.414. The first-order chi connectivity index (χ1) is 9.93. The highest BCUT2D eigenvalue weighted by atomic mass is 35.5. The first-order valence-electron chi connectivity index (χ1n) is 6.49. The number of esters is 1. The van der Waals surface area contributed by atoms with Gasteiger partial charge in [-0.3, -0.25) is 0 Å². The topological polar surface area (TPSA) is 35.5 Å². The van der Waals surface area contributed by atoms with Crippen molar-refractivity contribution in [2.45, 2.75) is 31.4 Å². The Balaban J connectivity index is 2.33. The molecule has 0 aliphatic heterocycles. The van der Waals surface area contributed by atoms with Crippen molar-refractivity contribution in [1.82, 2.24) is 0 Å². The predicted molar refractivity (Wildman–Crippen MR) is 76.2 cm³/mol. The Bertz CT molecular complexity index is 458. The molecule has 0 saturated carbocycles. The van der Waals surface area contributed by atoms with E-state index < -0.39 is 11.4 Å². The van der Waals surface area contributed by atoms with Crippen LogP contribution in [0.3, 0.4) is 0 Å². The van der Waals surface area contributed by atoms with E-state index >= 15 is 0 Å². The number of rotatable bonds is 8. The van der Waals surface area contributed by atoms with Gasteiger partial charge in [-0.1, -0.05) is 43.3 Å². The number of hydrogen-bond acceptors (Lipinski definition) is 3. The van der Waals surface area contributed by atoms with Crippen molar-refractivity contribution >= 4 is 17.6 Å². The van der Waals surface area contributed by atoms with Gasteiger partial charge >= 0.3 is 11.4 Å². The maximum Gasteiger partial charge on any atom is 0.417 e. The Labute approximate surface area is 127 Å². The maximum atomic E-state index is 12.3.